The summed E-state index contributed by atoms with van der Waals surface area (Å²) in [5, 5.41) is 4.02. The maximum atomic E-state index is 12.7. The fourth-order valence-electron chi connectivity index (χ4n) is 3.00. The molecule has 0 saturated carbocycles. The number of anilines is 1. The lowest BCUT2D eigenvalue weighted by atomic mass is 10.2. The van der Waals surface area contributed by atoms with Crippen LogP contribution in [-0.4, -0.2) is 45.4 Å². The van der Waals surface area contributed by atoms with Crippen LogP contribution in [0.3, 0.4) is 0 Å². The van der Waals surface area contributed by atoms with Crippen molar-refractivity contribution in [1.29, 1.82) is 0 Å². The lowest BCUT2D eigenvalue weighted by molar-refractivity contribution is -0.121. The van der Waals surface area contributed by atoms with Gasteiger partial charge in [-0.1, -0.05) is 0 Å². The Morgan fingerprint density at radius 3 is 3.00 bits per heavy atom. The van der Waals surface area contributed by atoms with Gasteiger partial charge < -0.3 is 15.4 Å². The van der Waals surface area contributed by atoms with Crippen LogP contribution in [0.25, 0.3) is 10.4 Å². The lowest BCUT2D eigenvalue weighted by Crippen LogP contribution is -2.35. The van der Waals surface area contributed by atoms with Gasteiger partial charge in [0.25, 0.3) is 5.91 Å². The van der Waals surface area contributed by atoms with Crippen molar-refractivity contribution < 1.29 is 13.9 Å². The third-order valence-electron chi connectivity index (χ3n) is 4.74. The van der Waals surface area contributed by atoms with E-state index in [2.05, 4.69) is 10.1 Å². The zero-order valence-corrected chi connectivity index (χ0v) is 16.9. The van der Waals surface area contributed by atoms with E-state index in [4.69, 9.17) is 10.5 Å². The number of amides is 1. The molecule has 1 amide bonds. The molecule has 9 nitrogen and oxygen atoms in total. The second-order valence-electron chi connectivity index (χ2n) is 6.73. The summed E-state index contributed by atoms with van der Waals surface area (Å²) >= 11 is 1.50. The summed E-state index contributed by atoms with van der Waals surface area (Å²) in [6.45, 7) is 0.352. The van der Waals surface area contributed by atoms with Gasteiger partial charge in [-0.2, -0.15) is 5.10 Å². The first-order valence-electron chi connectivity index (χ1n) is 9.09. The molecule has 0 radical (unpaired) electrons. The summed E-state index contributed by atoms with van der Waals surface area (Å²) in [6, 6.07) is 5.71. The number of nitrogens with two attached hydrogens (primary N) is 1. The van der Waals surface area contributed by atoms with E-state index in [1.807, 2.05) is 18.2 Å². The quantitative estimate of drug-likeness (QED) is 0.633. The Morgan fingerprint density at radius 1 is 1.40 bits per heavy atom. The van der Waals surface area contributed by atoms with Crippen LogP contribution in [0, 0.1) is 0 Å². The number of likely N-dealkylation sites (N-methyl/N-ethyl adjacent to an activating group) is 1. The van der Waals surface area contributed by atoms with Crippen LogP contribution in [0.4, 0.5) is 10.1 Å². The largest absolute Gasteiger partial charge is 0.466 e. The van der Waals surface area contributed by atoms with Crippen LogP contribution in [0.5, 0.6) is 5.88 Å². The zero-order valence-electron chi connectivity index (χ0n) is 16.1. The first-order valence-corrected chi connectivity index (χ1v) is 9.90. The molecule has 4 heterocycles. The minimum Gasteiger partial charge on any atom is -0.466 e. The molecule has 0 aliphatic carbocycles. The van der Waals surface area contributed by atoms with Gasteiger partial charge in [-0.05, 0) is 23.8 Å². The third kappa shape index (κ3) is 3.76. The van der Waals surface area contributed by atoms with E-state index in [1.165, 1.54) is 31.8 Å². The smallest absolute Gasteiger partial charge is 0.346 e. The van der Waals surface area contributed by atoms with E-state index < -0.39 is 0 Å². The highest BCUT2D eigenvalue weighted by Gasteiger charge is 2.24. The van der Waals surface area contributed by atoms with Crippen molar-refractivity contribution in [2.75, 3.05) is 25.1 Å². The summed E-state index contributed by atoms with van der Waals surface area (Å²) in [6.07, 6.45) is 3.52. The van der Waals surface area contributed by atoms with E-state index in [0.717, 1.165) is 15.3 Å². The lowest BCUT2D eigenvalue weighted by Gasteiger charge is -2.25. The van der Waals surface area contributed by atoms with Crippen molar-refractivity contribution in [3.05, 3.63) is 58.0 Å². The van der Waals surface area contributed by atoms with Crippen molar-refractivity contribution in [3.8, 4) is 16.3 Å². The van der Waals surface area contributed by atoms with Gasteiger partial charge in [0.05, 0.1) is 19.4 Å². The molecule has 30 heavy (non-hydrogen) atoms. The Morgan fingerprint density at radius 2 is 2.23 bits per heavy atom. The van der Waals surface area contributed by atoms with Gasteiger partial charge in [-0.25, -0.2) is 18.9 Å². The number of hydrogen-bond acceptors (Lipinski definition) is 7. The number of nitrogens with zero attached hydrogens (tertiary/aromatic N) is 5. The fourth-order valence-corrected chi connectivity index (χ4v) is 3.99. The Labute approximate surface area is 174 Å². The minimum atomic E-state index is -0.342. The molecule has 2 N–H and O–H groups in total. The van der Waals surface area contributed by atoms with Gasteiger partial charge in [-0.15, -0.1) is 11.3 Å². The molecule has 0 saturated heterocycles. The monoisotopic (exact) mass is 430 g/mol. The fraction of sp³-hybridized carbons (Fsp3) is 0.263. The molecule has 11 heteroatoms. The summed E-state index contributed by atoms with van der Waals surface area (Å²) in [4.78, 5) is 32.0. The van der Waals surface area contributed by atoms with Gasteiger partial charge in [0.15, 0.2) is 6.61 Å². The molecule has 156 valence electrons. The van der Waals surface area contributed by atoms with Crippen molar-refractivity contribution in [1.82, 2.24) is 19.3 Å². The summed E-state index contributed by atoms with van der Waals surface area (Å²) in [7, 11) is 1.69. The van der Waals surface area contributed by atoms with Gasteiger partial charge >= 0.3 is 5.69 Å². The van der Waals surface area contributed by atoms with E-state index >= 15 is 0 Å². The van der Waals surface area contributed by atoms with E-state index in [0.29, 0.717) is 24.4 Å². The standard InChI is InChI=1S/C19H19FN6O3S/c1-24-15-4-13(7-22-18(15)29-10-17(24)27)16-3-2-14(30-16)9-25-11-23-26(19(25)28)8-12(5-20)6-21/h2-5,7,11H,6,8-10,21H2,1H3/b12-5+. The predicted molar refractivity (Wildman–Crippen MR) is 110 cm³/mol. The molecule has 0 bridgehead atoms. The molecular weight excluding hydrogens is 411 g/mol. The highest BCUT2D eigenvalue weighted by atomic mass is 32.1. The summed E-state index contributed by atoms with van der Waals surface area (Å²) < 4.78 is 20.7. The molecule has 0 aromatic carbocycles. The van der Waals surface area contributed by atoms with Crippen molar-refractivity contribution >= 4 is 22.9 Å². The number of carbonyl (C=O) groups is 1. The first kappa shape index (κ1) is 20.0. The molecule has 1 aliphatic heterocycles. The average molecular weight is 430 g/mol. The molecule has 3 aromatic rings. The number of halogens is 1. The number of aromatic nitrogens is 4. The summed E-state index contributed by atoms with van der Waals surface area (Å²) in [5.41, 5.74) is 6.84. The Kier molecular flexibility index (Phi) is 5.46. The molecule has 0 atom stereocenters. The molecule has 0 spiro atoms. The number of fused-ring (bicyclic) bond motifs is 1. The van der Waals surface area contributed by atoms with Gasteiger partial charge in [0, 0.05) is 35.1 Å². The number of hydrogen-bond donors (Lipinski definition) is 1. The third-order valence-corrected chi connectivity index (χ3v) is 5.86. The molecule has 0 unspecified atom stereocenters. The first-order chi connectivity index (χ1) is 14.5. The SMILES string of the molecule is CN1C(=O)COc2ncc(-c3ccc(Cn4cnn(C/C(=C/F)CN)c4=O)s3)cc21. The average Bonchev–Trinajstić information content (AvgIpc) is 3.36. The molecule has 0 fully saturated rings. The number of pyridine rings is 1. The van der Waals surface area contributed by atoms with Crippen molar-refractivity contribution in [2.45, 2.75) is 13.1 Å². The number of rotatable bonds is 6. The van der Waals surface area contributed by atoms with E-state index in [9.17, 15) is 14.0 Å². The molecular formula is C19H19FN6O3S. The highest BCUT2D eigenvalue weighted by Crippen LogP contribution is 2.35. The topological polar surface area (TPSA) is 108 Å². The number of ether oxygens (including phenoxy) is 1. The van der Waals surface area contributed by atoms with Crippen LogP contribution in [0.1, 0.15) is 4.88 Å². The zero-order chi connectivity index (χ0) is 21.3. The number of thiophene rings is 1. The normalized spacial score (nSPS) is 14.0. The molecule has 1 aliphatic rings. The Balaban J connectivity index is 1.54. The van der Waals surface area contributed by atoms with Gasteiger partial charge in [-0.3, -0.25) is 9.36 Å². The van der Waals surface area contributed by atoms with E-state index in [-0.39, 0.29) is 36.9 Å². The van der Waals surface area contributed by atoms with Crippen LogP contribution in [0.15, 0.2) is 47.4 Å². The Bertz CT molecular complexity index is 1180. The molecule has 4 rings (SSSR count). The van der Waals surface area contributed by atoms with Crippen LogP contribution < -0.4 is 21.1 Å². The molecule has 3 aromatic heterocycles. The van der Waals surface area contributed by atoms with Crippen LogP contribution in [0.2, 0.25) is 0 Å². The van der Waals surface area contributed by atoms with Crippen molar-refractivity contribution in [3.63, 3.8) is 0 Å². The van der Waals surface area contributed by atoms with Gasteiger partial charge in [0.2, 0.25) is 5.88 Å². The summed E-state index contributed by atoms with van der Waals surface area (Å²) in [5.74, 6) is 0.292. The minimum absolute atomic E-state index is 0.0175. The van der Waals surface area contributed by atoms with Crippen molar-refractivity contribution in [2.24, 2.45) is 5.73 Å². The van der Waals surface area contributed by atoms with Gasteiger partial charge in [0.1, 0.15) is 12.0 Å². The van der Waals surface area contributed by atoms with E-state index in [1.54, 1.807) is 13.2 Å². The van der Waals surface area contributed by atoms with Crippen LogP contribution >= 0.6 is 11.3 Å². The Hall–Kier alpha value is -3.31. The maximum Gasteiger partial charge on any atom is 0.346 e. The second-order valence-corrected chi connectivity index (χ2v) is 7.89. The predicted octanol–water partition coefficient (Wildman–Crippen LogP) is 1.38. The second kappa shape index (κ2) is 8.20. The maximum absolute atomic E-state index is 12.7. The van der Waals surface area contributed by atoms with Crippen LogP contribution in [-0.2, 0) is 17.9 Å². The number of carbonyl (C=O) groups excluding carboxylic acids is 1. The highest BCUT2D eigenvalue weighted by molar-refractivity contribution is 7.15.